The summed E-state index contributed by atoms with van der Waals surface area (Å²) < 4.78 is 0. The highest BCUT2D eigenvalue weighted by Crippen LogP contribution is 2.50. The van der Waals surface area contributed by atoms with Crippen molar-refractivity contribution >= 4 is 29.4 Å². The second-order valence-electron chi connectivity index (χ2n) is 16.9. The van der Waals surface area contributed by atoms with Crippen molar-refractivity contribution in [3.05, 3.63) is 72.0 Å². The average Bonchev–Trinajstić information content (AvgIpc) is 3.72. The number of likely N-dealkylation sites (tertiary alicyclic amines) is 2. The molecule has 4 fully saturated rings. The molecule has 3 heterocycles. The van der Waals surface area contributed by atoms with Crippen LogP contribution in [0.5, 0.6) is 0 Å². The van der Waals surface area contributed by atoms with Crippen LogP contribution in [-0.4, -0.2) is 92.0 Å². The molecular weight excluding hydrogens is 695 g/mol. The van der Waals surface area contributed by atoms with Crippen LogP contribution in [0.25, 0.3) is 0 Å². The molecule has 12 nitrogen and oxygen atoms in total. The first-order valence-electron chi connectivity index (χ1n) is 20.6. The number of carbonyl (C=O) groups is 5. The highest BCUT2D eigenvalue weighted by atomic mass is 16.2. The SMILES string of the molecule is C=C([C@H](C1Cc2ccccc2C1)N1C(=O)[C@@H](NC(=O)c2cnccn2)C12CCCCC2)N1CC[C@H](C(C)C)[C@H]1C(=O)NC(CC1CC1)C(=O)C(=O)NCCC. The number of amides is 4. The molecule has 5 aliphatic rings. The molecule has 3 N–H and O–H groups in total. The van der Waals surface area contributed by atoms with Crippen LogP contribution in [0.2, 0.25) is 0 Å². The van der Waals surface area contributed by atoms with E-state index in [-0.39, 0.29) is 35.3 Å². The lowest BCUT2D eigenvalue weighted by atomic mass is 9.66. The van der Waals surface area contributed by atoms with Gasteiger partial charge in [-0.05, 0) is 79.7 Å². The van der Waals surface area contributed by atoms with Crippen molar-refractivity contribution in [2.75, 3.05) is 13.1 Å². The van der Waals surface area contributed by atoms with Crippen molar-refractivity contribution < 1.29 is 24.0 Å². The molecule has 3 aliphatic carbocycles. The summed E-state index contributed by atoms with van der Waals surface area (Å²) in [5.74, 6) is -1.64. The Labute approximate surface area is 324 Å². The smallest absolute Gasteiger partial charge is 0.289 e. The largest absolute Gasteiger partial charge is 0.361 e. The zero-order chi connectivity index (χ0) is 38.9. The van der Waals surface area contributed by atoms with E-state index in [1.807, 2.05) is 11.8 Å². The van der Waals surface area contributed by atoms with Gasteiger partial charge in [0.25, 0.3) is 11.8 Å². The Morgan fingerprint density at radius 1 is 1.00 bits per heavy atom. The van der Waals surface area contributed by atoms with Crippen LogP contribution in [0.4, 0.5) is 0 Å². The Morgan fingerprint density at radius 2 is 1.71 bits per heavy atom. The van der Waals surface area contributed by atoms with Gasteiger partial charge in [0, 0.05) is 31.2 Å². The first kappa shape index (κ1) is 38.7. The molecule has 294 valence electrons. The maximum atomic E-state index is 14.7. The highest BCUT2D eigenvalue weighted by Gasteiger charge is 2.64. The molecule has 5 atom stereocenters. The van der Waals surface area contributed by atoms with Crippen LogP contribution in [0.15, 0.2) is 55.1 Å². The minimum atomic E-state index is -0.901. The maximum absolute atomic E-state index is 14.7. The number of Topliss-reactive ketones (excluding diaryl/α,β-unsaturated/α-hetero) is 1. The van der Waals surface area contributed by atoms with E-state index >= 15 is 0 Å². The summed E-state index contributed by atoms with van der Waals surface area (Å²) in [4.78, 5) is 81.6. The summed E-state index contributed by atoms with van der Waals surface area (Å²) in [6, 6.07) is 5.75. The van der Waals surface area contributed by atoms with Crippen molar-refractivity contribution in [1.29, 1.82) is 0 Å². The van der Waals surface area contributed by atoms with Crippen LogP contribution < -0.4 is 16.0 Å². The summed E-state index contributed by atoms with van der Waals surface area (Å²) in [5.41, 5.74) is 2.78. The van der Waals surface area contributed by atoms with E-state index in [2.05, 4.69) is 68.9 Å². The number of aromatic nitrogens is 2. The van der Waals surface area contributed by atoms with Crippen LogP contribution in [0, 0.1) is 23.7 Å². The van der Waals surface area contributed by atoms with E-state index in [1.54, 1.807) is 0 Å². The van der Waals surface area contributed by atoms with Gasteiger partial charge in [0.2, 0.25) is 17.6 Å². The molecule has 4 amide bonds. The summed E-state index contributed by atoms with van der Waals surface area (Å²) >= 11 is 0. The van der Waals surface area contributed by atoms with E-state index in [4.69, 9.17) is 6.58 Å². The zero-order valence-corrected chi connectivity index (χ0v) is 32.6. The fourth-order valence-corrected chi connectivity index (χ4v) is 10.0. The molecule has 12 heteroatoms. The van der Waals surface area contributed by atoms with Gasteiger partial charge in [-0.1, -0.05) is 83.7 Å². The van der Waals surface area contributed by atoms with Crippen LogP contribution in [0.1, 0.15) is 107 Å². The lowest BCUT2D eigenvalue weighted by Gasteiger charge is -2.63. The molecular formula is C43H57N7O5. The summed E-state index contributed by atoms with van der Waals surface area (Å²) in [6.07, 6.45) is 14.2. The lowest BCUT2D eigenvalue weighted by molar-refractivity contribution is -0.176. The number of fused-ring (bicyclic) bond motifs is 1. The van der Waals surface area contributed by atoms with E-state index in [0.717, 1.165) is 69.9 Å². The van der Waals surface area contributed by atoms with Gasteiger partial charge in [-0.2, -0.15) is 0 Å². The quantitative estimate of drug-likeness (QED) is 0.181. The fraction of sp³-hybridized carbons (Fsp3) is 0.605. The van der Waals surface area contributed by atoms with Crippen molar-refractivity contribution in [2.24, 2.45) is 23.7 Å². The molecule has 1 spiro atoms. The number of nitrogens with zero attached hydrogens (tertiary/aromatic N) is 4. The Balaban J connectivity index is 1.21. The minimum Gasteiger partial charge on any atom is -0.361 e. The number of benzene rings is 1. The topological polar surface area (TPSA) is 154 Å². The Kier molecular flexibility index (Phi) is 11.4. The van der Waals surface area contributed by atoms with Gasteiger partial charge in [0.15, 0.2) is 0 Å². The number of hydrogen-bond acceptors (Lipinski definition) is 8. The van der Waals surface area contributed by atoms with Gasteiger partial charge in [-0.3, -0.25) is 29.0 Å². The summed E-state index contributed by atoms with van der Waals surface area (Å²) in [5, 5.41) is 8.84. The molecule has 2 saturated heterocycles. The minimum absolute atomic E-state index is 0.0116. The standard InChI is InChI=1S/C43H57N7O5/c1-5-18-46-41(54)37(51)33(22-28-13-14-28)47-40(53)36-32(26(2)3)15-21-49(36)27(4)35(31-23-29-11-7-8-12-30(29)24-31)50-42(55)38(43(50)16-9-6-10-17-43)48-39(52)34-25-44-19-20-45-34/h7-8,11-12,19-20,25-26,28,31-33,35-36,38H,4-6,9-10,13-18,21-24H2,1-3H3,(H,46,54)(H,47,53)(H,48,52)/t32-,33?,35-,36+,38-/m1/s1. The van der Waals surface area contributed by atoms with Crippen molar-refractivity contribution in [3.63, 3.8) is 0 Å². The first-order chi connectivity index (χ1) is 26.5. The second-order valence-corrected chi connectivity index (χ2v) is 16.9. The molecule has 0 radical (unpaired) electrons. The molecule has 1 unspecified atom stereocenters. The van der Waals surface area contributed by atoms with Crippen molar-refractivity contribution in [1.82, 2.24) is 35.7 Å². The Hall–Kier alpha value is -4.61. The predicted molar refractivity (Wildman–Crippen MR) is 207 cm³/mol. The zero-order valence-electron chi connectivity index (χ0n) is 32.6. The number of β-lactam (4-membered cyclic amide) rings is 1. The number of hydrogen-bond donors (Lipinski definition) is 3. The van der Waals surface area contributed by atoms with Crippen LogP contribution in [-0.2, 0) is 32.0 Å². The number of carbonyl (C=O) groups excluding carboxylic acids is 5. The predicted octanol–water partition coefficient (Wildman–Crippen LogP) is 4.14. The first-order valence-corrected chi connectivity index (χ1v) is 20.6. The number of ketones is 1. The normalized spacial score (nSPS) is 24.2. The summed E-state index contributed by atoms with van der Waals surface area (Å²) in [6.45, 7) is 11.9. The Bertz CT molecular complexity index is 1760. The van der Waals surface area contributed by atoms with Crippen LogP contribution >= 0.6 is 0 Å². The van der Waals surface area contributed by atoms with Gasteiger partial charge in [-0.15, -0.1) is 0 Å². The molecule has 55 heavy (non-hydrogen) atoms. The van der Waals surface area contributed by atoms with E-state index in [1.165, 1.54) is 29.7 Å². The molecule has 1 aromatic heterocycles. The molecule has 1 aromatic carbocycles. The number of rotatable bonds is 15. The summed E-state index contributed by atoms with van der Waals surface area (Å²) in [7, 11) is 0. The number of nitrogens with one attached hydrogen (secondary N) is 3. The van der Waals surface area contributed by atoms with Crippen molar-refractivity contribution in [3.8, 4) is 0 Å². The fourth-order valence-electron chi connectivity index (χ4n) is 10.0. The molecule has 0 bridgehead atoms. The van der Waals surface area contributed by atoms with Gasteiger partial charge in [0.1, 0.15) is 17.8 Å². The third-order valence-electron chi connectivity index (χ3n) is 13.0. The molecule has 2 aliphatic heterocycles. The van der Waals surface area contributed by atoms with Crippen LogP contribution in [0.3, 0.4) is 0 Å². The molecule has 7 rings (SSSR count). The van der Waals surface area contributed by atoms with E-state index < -0.39 is 47.3 Å². The van der Waals surface area contributed by atoms with E-state index in [9.17, 15) is 24.0 Å². The van der Waals surface area contributed by atoms with E-state index in [0.29, 0.717) is 31.8 Å². The maximum Gasteiger partial charge on any atom is 0.289 e. The molecule has 2 saturated carbocycles. The third-order valence-corrected chi connectivity index (χ3v) is 13.0. The highest BCUT2D eigenvalue weighted by molar-refractivity contribution is 6.38. The lowest BCUT2D eigenvalue weighted by Crippen LogP contribution is -2.82. The second kappa shape index (κ2) is 16.2. The molecule has 2 aromatic rings. The third kappa shape index (κ3) is 7.65. The average molecular weight is 752 g/mol. The monoisotopic (exact) mass is 751 g/mol. The van der Waals surface area contributed by atoms with Gasteiger partial charge in [0.05, 0.1) is 23.8 Å². The van der Waals surface area contributed by atoms with Crippen molar-refractivity contribution in [2.45, 2.75) is 128 Å². The Morgan fingerprint density at radius 3 is 2.33 bits per heavy atom. The van der Waals surface area contributed by atoms with Gasteiger partial charge < -0.3 is 25.8 Å². The van der Waals surface area contributed by atoms with Gasteiger partial charge >= 0.3 is 0 Å². The van der Waals surface area contributed by atoms with Gasteiger partial charge in [-0.25, -0.2) is 4.98 Å².